The predicted octanol–water partition coefficient (Wildman–Crippen LogP) is 2.57. The van der Waals surface area contributed by atoms with E-state index in [0.717, 1.165) is 12.8 Å². The SMILES string of the molecule is CCC(CC)(CN)Nc1ncc([N+](=O)[O-])cc1Cl. The fourth-order valence-corrected chi connectivity index (χ4v) is 1.85. The van der Waals surface area contributed by atoms with Crippen molar-refractivity contribution in [1.82, 2.24) is 4.98 Å². The Labute approximate surface area is 111 Å². The number of halogens is 1. The second-order valence-corrected chi connectivity index (χ2v) is 4.50. The topological polar surface area (TPSA) is 94.1 Å². The van der Waals surface area contributed by atoms with Crippen LogP contribution in [-0.2, 0) is 0 Å². The molecule has 100 valence electrons. The molecule has 0 aliphatic heterocycles. The van der Waals surface area contributed by atoms with Gasteiger partial charge in [0.15, 0.2) is 0 Å². The first kappa shape index (κ1) is 14.7. The number of nitrogens with zero attached hydrogens (tertiary/aromatic N) is 2. The number of nitrogens with two attached hydrogens (primary N) is 1. The van der Waals surface area contributed by atoms with Gasteiger partial charge in [0.25, 0.3) is 5.69 Å². The van der Waals surface area contributed by atoms with E-state index < -0.39 is 4.92 Å². The monoisotopic (exact) mass is 272 g/mol. The standard InChI is InChI=1S/C11H17ClN4O2/c1-3-11(4-2,7-13)15-10-9(12)5-8(6-14-10)16(17)18/h5-6H,3-4,7,13H2,1-2H3,(H,14,15). The number of hydrogen-bond donors (Lipinski definition) is 2. The van der Waals surface area contributed by atoms with E-state index in [2.05, 4.69) is 10.3 Å². The fourth-order valence-electron chi connectivity index (χ4n) is 1.64. The van der Waals surface area contributed by atoms with E-state index in [4.69, 9.17) is 17.3 Å². The Morgan fingerprint density at radius 1 is 1.56 bits per heavy atom. The van der Waals surface area contributed by atoms with Gasteiger partial charge in [0, 0.05) is 12.6 Å². The molecule has 1 aromatic rings. The lowest BCUT2D eigenvalue weighted by Gasteiger charge is -2.32. The van der Waals surface area contributed by atoms with Gasteiger partial charge in [-0.05, 0) is 12.8 Å². The van der Waals surface area contributed by atoms with E-state index in [1.54, 1.807) is 0 Å². The summed E-state index contributed by atoms with van der Waals surface area (Å²) in [6, 6.07) is 1.28. The lowest BCUT2D eigenvalue weighted by atomic mass is 9.93. The molecule has 0 fully saturated rings. The van der Waals surface area contributed by atoms with E-state index in [9.17, 15) is 10.1 Å². The van der Waals surface area contributed by atoms with Crippen LogP contribution in [0.3, 0.4) is 0 Å². The van der Waals surface area contributed by atoms with E-state index in [1.807, 2.05) is 13.8 Å². The Hall–Kier alpha value is -1.40. The fraction of sp³-hybridized carbons (Fsp3) is 0.545. The van der Waals surface area contributed by atoms with Crippen molar-refractivity contribution in [2.75, 3.05) is 11.9 Å². The van der Waals surface area contributed by atoms with Crippen molar-refractivity contribution in [3.63, 3.8) is 0 Å². The van der Waals surface area contributed by atoms with Crippen LogP contribution in [0.25, 0.3) is 0 Å². The molecule has 0 unspecified atom stereocenters. The third kappa shape index (κ3) is 3.08. The molecular formula is C11H17ClN4O2. The maximum Gasteiger partial charge on any atom is 0.289 e. The highest BCUT2D eigenvalue weighted by atomic mass is 35.5. The minimum Gasteiger partial charge on any atom is -0.362 e. The van der Waals surface area contributed by atoms with Gasteiger partial charge in [-0.15, -0.1) is 0 Å². The van der Waals surface area contributed by atoms with Crippen molar-refractivity contribution in [1.29, 1.82) is 0 Å². The average molecular weight is 273 g/mol. The summed E-state index contributed by atoms with van der Waals surface area (Å²) in [5.41, 5.74) is 5.35. The maximum absolute atomic E-state index is 10.6. The lowest BCUT2D eigenvalue weighted by molar-refractivity contribution is -0.385. The van der Waals surface area contributed by atoms with Gasteiger partial charge in [-0.2, -0.15) is 0 Å². The Morgan fingerprint density at radius 2 is 2.17 bits per heavy atom. The van der Waals surface area contributed by atoms with Crippen molar-refractivity contribution >= 4 is 23.1 Å². The third-order valence-corrected chi connectivity index (χ3v) is 3.45. The number of nitro groups is 1. The van der Waals surface area contributed by atoms with Crippen LogP contribution in [0, 0.1) is 10.1 Å². The summed E-state index contributed by atoms with van der Waals surface area (Å²) >= 11 is 5.98. The Morgan fingerprint density at radius 3 is 2.56 bits per heavy atom. The zero-order valence-corrected chi connectivity index (χ0v) is 11.2. The first-order valence-electron chi connectivity index (χ1n) is 5.76. The number of pyridine rings is 1. The van der Waals surface area contributed by atoms with E-state index in [0.29, 0.717) is 12.4 Å². The van der Waals surface area contributed by atoms with Crippen LogP contribution >= 0.6 is 11.6 Å². The second-order valence-electron chi connectivity index (χ2n) is 4.10. The Kier molecular flexibility index (Phi) is 4.86. The van der Waals surface area contributed by atoms with Gasteiger partial charge < -0.3 is 11.1 Å². The average Bonchev–Trinajstić information content (AvgIpc) is 2.38. The minimum atomic E-state index is -0.529. The van der Waals surface area contributed by atoms with Gasteiger partial charge in [0.1, 0.15) is 12.0 Å². The van der Waals surface area contributed by atoms with Gasteiger partial charge in [-0.25, -0.2) is 4.98 Å². The van der Waals surface area contributed by atoms with Crippen molar-refractivity contribution in [2.45, 2.75) is 32.2 Å². The predicted molar refractivity (Wildman–Crippen MR) is 71.9 cm³/mol. The summed E-state index contributed by atoms with van der Waals surface area (Å²) < 4.78 is 0. The minimum absolute atomic E-state index is 0.128. The zero-order valence-electron chi connectivity index (χ0n) is 10.4. The highest BCUT2D eigenvalue weighted by molar-refractivity contribution is 6.33. The van der Waals surface area contributed by atoms with Gasteiger partial charge in [0.05, 0.1) is 15.5 Å². The molecule has 0 spiro atoms. The van der Waals surface area contributed by atoms with Crippen molar-refractivity contribution < 1.29 is 4.92 Å². The molecular weight excluding hydrogens is 256 g/mol. The lowest BCUT2D eigenvalue weighted by Crippen LogP contribution is -2.44. The van der Waals surface area contributed by atoms with E-state index in [-0.39, 0.29) is 16.2 Å². The van der Waals surface area contributed by atoms with Crippen LogP contribution in [0.1, 0.15) is 26.7 Å². The molecule has 6 nitrogen and oxygen atoms in total. The van der Waals surface area contributed by atoms with Crippen LogP contribution in [0.2, 0.25) is 5.02 Å². The molecule has 0 amide bonds. The van der Waals surface area contributed by atoms with Gasteiger partial charge in [0.2, 0.25) is 0 Å². The smallest absolute Gasteiger partial charge is 0.289 e. The van der Waals surface area contributed by atoms with Crippen LogP contribution in [0.4, 0.5) is 11.5 Å². The number of rotatable bonds is 6. The largest absolute Gasteiger partial charge is 0.362 e. The number of nitrogens with one attached hydrogen (secondary N) is 1. The summed E-state index contributed by atoms with van der Waals surface area (Å²) in [6.07, 6.45) is 2.81. The molecule has 0 radical (unpaired) electrons. The first-order chi connectivity index (χ1) is 8.48. The Bertz CT molecular complexity index is 427. The Balaban J connectivity index is 3.01. The molecule has 3 N–H and O–H groups in total. The highest BCUT2D eigenvalue weighted by Crippen LogP contribution is 2.28. The normalized spacial score (nSPS) is 11.3. The molecule has 0 bridgehead atoms. The molecule has 0 aliphatic carbocycles. The van der Waals surface area contributed by atoms with Crippen molar-refractivity contribution in [2.24, 2.45) is 5.73 Å². The molecule has 18 heavy (non-hydrogen) atoms. The molecule has 0 aromatic carbocycles. The summed E-state index contributed by atoms with van der Waals surface area (Å²) in [4.78, 5) is 14.0. The molecule has 0 saturated carbocycles. The quantitative estimate of drug-likeness (QED) is 0.613. The zero-order chi connectivity index (χ0) is 13.8. The number of hydrogen-bond acceptors (Lipinski definition) is 5. The molecule has 0 saturated heterocycles. The van der Waals surface area contributed by atoms with E-state index >= 15 is 0 Å². The summed E-state index contributed by atoms with van der Waals surface area (Å²) in [7, 11) is 0. The van der Waals surface area contributed by atoms with Gasteiger partial charge in [-0.1, -0.05) is 25.4 Å². The summed E-state index contributed by atoms with van der Waals surface area (Å²) in [5.74, 6) is 0.427. The third-order valence-electron chi connectivity index (χ3n) is 3.17. The molecule has 0 atom stereocenters. The first-order valence-corrected chi connectivity index (χ1v) is 6.14. The van der Waals surface area contributed by atoms with Crippen LogP contribution < -0.4 is 11.1 Å². The van der Waals surface area contributed by atoms with Gasteiger partial charge in [-0.3, -0.25) is 10.1 Å². The second kappa shape index (κ2) is 5.97. The molecule has 1 aromatic heterocycles. The number of aromatic nitrogens is 1. The van der Waals surface area contributed by atoms with E-state index in [1.165, 1.54) is 12.3 Å². The molecule has 0 aliphatic rings. The molecule has 7 heteroatoms. The highest BCUT2D eigenvalue weighted by Gasteiger charge is 2.25. The summed E-state index contributed by atoms with van der Waals surface area (Å²) in [5, 5.41) is 14.0. The van der Waals surface area contributed by atoms with Crippen LogP contribution in [0.15, 0.2) is 12.3 Å². The summed E-state index contributed by atoms with van der Waals surface area (Å²) in [6.45, 7) is 4.47. The molecule has 1 heterocycles. The molecule has 1 rings (SSSR count). The number of anilines is 1. The van der Waals surface area contributed by atoms with Crippen LogP contribution in [-0.4, -0.2) is 22.0 Å². The van der Waals surface area contributed by atoms with Crippen molar-refractivity contribution in [3.8, 4) is 0 Å². The van der Waals surface area contributed by atoms with Crippen LogP contribution in [0.5, 0.6) is 0 Å². The van der Waals surface area contributed by atoms with Crippen molar-refractivity contribution in [3.05, 3.63) is 27.4 Å². The van der Waals surface area contributed by atoms with Gasteiger partial charge >= 0.3 is 0 Å². The maximum atomic E-state index is 10.6.